The second-order valence-corrected chi connectivity index (χ2v) is 4.88. The molecule has 0 saturated carbocycles. The van der Waals surface area contributed by atoms with Gasteiger partial charge in [-0.15, -0.1) is 0 Å². The molecule has 1 N–H and O–H groups in total. The molecule has 0 fully saturated rings. The zero-order valence-electron chi connectivity index (χ0n) is 11.2. The molecular weight excluding hydrogens is 284 g/mol. The van der Waals surface area contributed by atoms with Gasteiger partial charge in [0.1, 0.15) is 11.5 Å². The minimum absolute atomic E-state index is 0.684. The summed E-state index contributed by atoms with van der Waals surface area (Å²) >= 11 is 5.87. The Labute approximate surface area is 127 Å². The van der Waals surface area contributed by atoms with E-state index in [1.54, 1.807) is 6.21 Å². The van der Waals surface area contributed by atoms with Gasteiger partial charge in [0.05, 0.1) is 11.9 Å². The molecule has 0 amide bonds. The summed E-state index contributed by atoms with van der Waals surface area (Å²) in [7, 11) is 0. The monoisotopic (exact) mass is 296 g/mol. The van der Waals surface area contributed by atoms with Crippen LogP contribution in [0.5, 0.6) is 0 Å². The Morgan fingerprint density at radius 1 is 0.905 bits per heavy atom. The predicted molar refractivity (Wildman–Crippen MR) is 86.8 cm³/mol. The normalized spacial score (nSPS) is 10.9. The van der Waals surface area contributed by atoms with E-state index in [0.29, 0.717) is 10.8 Å². The first-order valence-corrected chi connectivity index (χ1v) is 6.89. The van der Waals surface area contributed by atoms with Crippen molar-refractivity contribution in [1.82, 2.24) is 0 Å². The summed E-state index contributed by atoms with van der Waals surface area (Å²) in [6.45, 7) is 0. The van der Waals surface area contributed by atoms with Gasteiger partial charge in [0.25, 0.3) is 0 Å². The molecule has 0 aliphatic heterocycles. The molecule has 4 heteroatoms. The number of hydrogen-bond acceptors (Lipinski definition) is 3. The number of nitrogens with zero attached hydrogens (tertiary/aromatic N) is 1. The van der Waals surface area contributed by atoms with Crippen LogP contribution in [-0.2, 0) is 0 Å². The molecule has 1 aromatic heterocycles. The third-order valence-corrected chi connectivity index (χ3v) is 3.17. The van der Waals surface area contributed by atoms with E-state index < -0.39 is 0 Å². The summed E-state index contributed by atoms with van der Waals surface area (Å²) in [5, 5.41) is 4.85. The van der Waals surface area contributed by atoms with Crippen LogP contribution < -0.4 is 5.43 Å². The molecule has 3 rings (SSSR count). The van der Waals surface area contributed by atoms with Crippen molar-refractivity contribution < 1.29 is 4.42 Å². The molecule has 3 aromatic rings. The zero-order valence-corrected chi connectivity index (χ0v) is 11.9. The molecule has 1 heterocycles. The second kappa shape index (κ2) is 6.29. The number of hydrazone groups is 1. The molecule has 0 radical (unpaired) electrons. The van der Waals surface area contributed by atoms with Crippen molar-refractivity contribution in [3.05, 3.63) is 77.5 Å². The van der Waals surface area contributed by atoms with Gasteiger partial charge in [-0.25, -0.2) is 0 Å². The Bertz CT molecular complexity index is 733. The molecule has 3 nitrogen and oxygen atoms in total. The fraction of sp³-hybridized carbons (Fsp3) is 0. The van der Waals surface area contributed by atoms with Crippen LogP contribution in [0.4, 0.5) is 5.69 Å². The van der Waals surface area contributed by atoms with E-state index in [2.05, 4.69) is 10.5 Å². The maximum Gasteiger partial charge on any atom is 0.147 e. The van der Waals surface area contributed by atoms with E-state index in [9.17, 15) is 0 Å². The van der Waals surface area contributed by atoms with Gasteiger partial charge >= 0.3 is 0 Å². The molecule has 21 heavy (non-hydrogen) atoms. The lowest BCUT2D eigenvalue weighted by Crippen LogP contribution is -1.88. The van der Waals surface area contributed by atoms with Crippen LogP contribution in [0, 0.1) is 0 Å². The van der Waals surface area contributed by atoms with E-state index in [0.717, 1.165) is 17.0 Å². The van der Waals surface area contributed by atoms with E-state index in [-0.39, 0.29) is 0 Å². The van der Waals surface area contributed by atoms with E-state index in [1.807, 2.05) is 66.7 Å². The van der Waals surface area contributed by atoms with Crippen LogP contribution in [0.3, 0.4) is 0 Å². The molecule has 0 bridgehead atoms. The number of halogens is 1. The molecule has 0 aliphatic carbocycles. The van der Waals surface area contributed by atoms with Gasteiger partial charge in [-0.05, 0) is 48.5 Å². The van der Waals surface area contributed by atoms with Crippen molar-refractivity contribution in [3.8, 4) is 11.3 Å². The van der Waals surface area contributed by atoms with Crippen LogP contribution in [-0.4, -0.2) is 6.21 Å². The lowest BCUT2D eigenvalue weighted by molar-refractivity contribution is 0.575. The van der Waals surface area contributed by atoms with Crippen molar-refractivity contribution in [2.24, 2.45) is 5.10 Å². The summed E-state index contributed by atoms with van der Waals surface area (Å²) in [6.07, 6.45) is 1.65. The SMILES string of the molecule is Clc1ccc(-c2ccc(/C=N\Nc3ccccc3)o2)cc1. The molecule has 0 aliphatic rings. The quantitative estimate of drug-likeness (QED) is 0.540. The van der Waals surface area contributed by atoms with Crippen LogP contribution in [0.25, 0.3) is 11.3 Å². The number of rotatable bonds is 4. The van der Waals surface area contributed by atoms with E-state index in [1.165, 1.54) is 0 Å². The maximum absolute atomic E-state index is 5.87. The second-order valence-electron chi connectivity index (χ2n) is 4.44. The maximum atomic E-state index is 5.87. The number of anilines is 1. The average Bonchev–Trinajstić information content (AvgIpc) is 2.98. The Morgan fingerprint density at radius 2 is 1.67 bits per heavy atom. The molecule has 0 saturated heterocycles. The fourth-order valence-corrected chi connectivity index (χ4v) is 2.00. The van der Waals surface area contributed by atoms with Crippen LogP contribution in [0.15, 0.2) is 76.2 Å². The lowest BCUT2D eigenvalue weighted by atomic mass is 10.2. The lowest BCUT2D eigenvalue weighted by Gasteiger charge is -1.98. The first kappa shape index (κ1) is 13.5. The summed E-state index contributed by atoms with van der Waals surface area (Å²) < 4.78 is 5.72. The molecule has 0 atom stereocenters. The van der Waals surface area contributed by atoms with Crippen LogP contribution in [0.2, 0.25) is 5.02 Å². The zero-order chi connectivity index (χ0) is 14.5. The van der Waals surface area contributed by atoms with Gasteiger partial charge in [0, 0.05) is 10.6 Å². The Morgan fingerprint density at radius 3 is 2.43 bits per heavy atom. The highest BCUT2D eigenvalue weighted by Crippen LogP contribution is 2.23. The summed E-state index contributed by atoms with van der Waals surface area (Å²) in [6, 6.07) is 21.0. The van der Waals surface area contributed by atoms with Gasteiger partial charge in [-0.1, -0.05) is 29.8 Å². The smallest absolute Gasteiger partial charge is 0.147 e. The summed E-state index contributed by atoms with van der Waals surface area (Å²) in [4.78, 5) is 0. The predicted octanol–water partition coefficient (Wildman–Crippen LogP) is 5.05. The largest absolute Gasteiger partial charge is 0.455 e. The number of benzene rings is 2. The fourth-order valence-electron chi connectivity index (χ4n) is 1.87. The van der Waals surface area contributed by atoms with Crippen molar-refractivity contribution in [2.45, 2.75) is 0 Å². The number of furan rings is 1. The highest BCUT2D eigenvalue weighted by atomic mass is 35.5. The summed E-state index contributed by atoms with van der Waals surface area (Å²) in [5.74, 6) is 1.47. The van der Waals surface area contributed by atoms with Gasteiger partial charge in [0.15, 0.2) is 0 Å². The standard InChI is InChI=1S/C17H13ClN2O/c18-14-8-6-13(7-9-14)17-11-10-16(21-17)12-19-20-15-4-2-1-3-5-15/h1-12,20H/b19-12-. The number of hydrogen-bond donors (Lipinski definition) is 1. The third kappa shape index (κ3) is 3.52. The Kier molecular flexibility index (Phi) is 4.03. The Balaban J connectivity index is 1.69. The summed E-state index contributed by atoms with van der Waals surface area (Å²) in [5.41, 5.74) is 4.85. The van der Waals surface area contributed by atoms with Crippen molar-refractivity contribution >= 4 is 23.5 Å². The average molecular weight is 297 g/mol. The first-order chi connectivity index (χ1) is 10.3. The number of para-hydroxylation sites is 1. The topological polar surface area (TPSA) is 37.5 Å². The Hall–Kier alpha value is -2.52. The van der Waals surface area contributed by atoms with Gasteiger partial charge in [-0.3, -0.25) is 5.43 Å². The highest BCUT2D eigenvalue weighted by Gasteiger charge is 2.03. The molecule has 0 spiro atoms. The van der Waals surface area contributed by atoms with Crippen molar-refractivity contribution in [2.75, 3.05) is 5.43 Å². The minimum atomic E-state index is 0.684. The van der Waals surface area contributed by atoms with Gasteiger partial charge in [-0.2, -0.15) is 5.10 Å². The highest BCUT2D eigenvalue weighted by molar-refractivity contribution is 6.30. The van der Waals surface area contributed by atoms with Crippen LogP contribution >= 0.6 is 11.6 Å². The van der Waals surface area contributed by atoms with Gasteiger partial charge < -0.3 is 4.42 Å². The first-order valence-electron chi connectivity index (χ1n) is 6.51. The molecule has 0 unspecified atom stereocenters. The molecule has 2 aromatic carbocycles. The minimum Gasteiger partial charge on any atom is -0.455 e. The van der Waals surface area contributed by atoms with Crippen molar-refractivity contribution in [1.29, 1.82) is 0 Å². The molecular formula is C17H13ClN2O. The van der Waals surface area contributed by atoms with Gasteiger partial charge in [0.2, 0.25) is 0 Å². The van der Waals surface area contributed by atoms with E-state index >= 15 is 0 Å². The van der Waals surface area contributed by atoms with Crippen LogP contribution in [0.1, 0.15) is 5.76 Å². The third-order valence-electron chi connectivity index (χ3n) is 2.91. The molecule has 104 valence electrons. The van der Waals surface area contributed by atoms with Crippen molar-refractivity contribution in [3.63, 3.8) is 0 Å². The number of nitrogens with one attached hydrogen (secondary N) is 1. The van der Waals surface area contributed by atoms with E-state index in [4.69, 9.17) is 16.0 Å².